The SMILES string of the molecule is CON=C1CCCc2[nH]nc(C(=O)Nc3ccc(OCCN4CCOCC4)c(F)c3)c21. The lowest BCUT2D eigenvalue weighted by Crippen LogP contribution is -2.38. The molecule has 2 N–H and O–H groups in total. The number of rotatable bonds is 7. The summed E-state index contributed by atoms with van der Waals surface area (Å²) in [4.78, 5) is 19.9. The molecule has 10 heteroatoms. The van der Waals surface area contributed by atoms with E-state index in [2.05, 4.69) is 25.6 Å². The summed E-state index contributed by atoms with van der Waals surface area (Å²) in [5.41, 5.74) is 2.73. The van der Waals surface area contributed by atoms with Crippen LogP contribution in [-0.4, -0.2) is 73.3 Å². The first-order valence-corrected chi connectivity index (χ1v) is 10.4. The lowest BCUT2D eigenvalue weighted by atomic mass is 9.93. The number of ether oxygens (including phenoxy) is 2. The summed E-state index contributed by atoms with van der Waals surface area (Å²) in [6, 6.07) is 4.36. The summed E-state index contributed by atoms with van der Waals surface area (Å²) >= 11 is 0. The Balaban J connectivity index is 1.39. The van der Waals surface area contributed by atoms with Crippen LogP contribution in [0.15, 0.2) is 23.4 Å². The number of hydrogen-bond acceptors (Lipinski definition) is 7. The van der Waals surface area contributed by atoms with Crippen LogP contribution in [0.1, 0.15) is 34.6 Å². The number of morpholine rings is 1. The van der Waals surface area contributed by atoms with Crippen molar-refractivity contribution in [3.63, 3.8) is 0 Å². The zero-order valence-corrected chi connectivity index (χ0v) is 17.4. The molecule has 2 heterocycles. The predicted octanol–water partition coefficient (Wildman–Crippen LogP) is 2.20. The summed E-state index contributed by atoms with van der Waals surface area (Å²) in [5, 5.41) is 13.8. The molecule has 1 saturated heterocycles. The second-order valence-electron chi connectivity index (χ2n) is 7.40. The van der Waals surface area contributed by atoms with Crippen molar-refractivity contribution in [3.05, 3.63) is 41.0 Å². The number of carbonyl (C=O) groups excluding carboxylic acids is 1. The Morgan fingerprint density at radius 1 is 1.35 bits per heavy atom. The summed E-state index contributed by atoms with van der Waals surface area (Å²) in [7, 11) is 1.47. The maximum Gasteiger partial charge on any atom is 0.276 e. The maximum absolute atomic E-state index is 14.5. The van der Waals surface area contributed by atoms with Crippen molar-refractivity contribution in [2.45, 2.75) is 19.3 Å². The van der Waals surface area contributed by atoms with Crippen molar-refractivity contribution in [1.82, 2.24) is 15.1 Å². The van der Waals surface area contributed by atoms with Gasteiger partial charge in [-0.15, -0.1) is 0 Å². The number of aryl methyl sites for hydroxylation is 1. The first-order valence-electron chi connectivity index (χ1n) is 10.4. The molecule has 4 rings (SSSR count). The van der Waals surface area contributed by atoms with Gasteiger partial charge in [0, 0.05) is 37.1 Å². The van der Waals surface area contributed by atoms with E-state index >= 15 is 0 Å². The minimum absolute atomic E-state index is 0.151. The van der Waals surface area contributed by atoms with Gasteiger partial charge in [-0.05, 0) is 31.4 Å². The second kappa shape index (κ2) is 9.88. The van der Waals surface area contributed by atoms with Gasteiger partial charge in [0.05, 0.1) is 24.5 Å². The quantitative estimate of drug-likeness (QED) is 0.652. The number of fused-ring (bicyclic) bond motifs is 1. The number of carbonyl (C=O) groups is 1. The molecule has 0 unspecified atom stereocenters. The number of oxime groups is 1. The van der Waals surface area contributed by atoms with Gasteiger partial charge < -0.3 is 19.6 Å². The lowest BCUT2D eigenvalue weighted by Gasteiger charge is -2.26. The summed E-state index contributed by atoms with van der Waals surface area (Å²) < 4.78 is 25.4. The number of nitrogens with zero attached hydrogens (tertiary/aromatic N) is 3. The fourth-order valence-corrected chi connectivity index (χ4v) is 3.79. The highest BCUT2D eigenvalue weighted by Gasteiger charge is 2.27. The molecule has 0 radical (unpaired) electrons. The highest BCUT2D eigenvalue weighted by Crippen LogP contribution is 2.25. The average Bonchev–Trinajstić information content (AvgIpc) is 3.22. The Morgan fingerprint density at radius 2 is 2.19 bits per heavy atom. The Labute approximate surface area is 179 Å². The molecular formula is C21H26FN5O4. The van der Waals surface area contributed by atoms with Gasteiger partial charge in [-0.25, -0.2) is 4.39 Å². The molecule has 1 aromatic heterocycles. The number of anilines is 1. The standard InChI is InChI=1S/C21H26FN5O4/c1-29-26-17-4-2-3-16-19(17)20(25-24-16)21(28)23-14-5-6-18(15(22)13-14)31-12-9-27-7-10-30-11-8-27/h5-6,13H,2-4,7-12H2,1H3,(H,23,28)(H,24,25). The van der Waals surface area contributed by atoms with E-state index in [9.17, 15) is 9.18 Å². The van der Waals surface area contributed by atoms with Crippen LogP contribution in [0.25, 0.3) is 0 Å². The Bertz CT molecular complexity index is 955. The van der Waals surface area contributed by atoms with E-state index in [1.807, 2.05) is 0 Å². The monoisotopic (exact) mass is 431 g/mol. The zero-order chi connectivity index (χ0) is 21.6. The van der Waals surface area contributed by atoms with Crippen LogP contribution in [-0.2, 0) is 16.0 Å². The highest BCUT2D eigenvalue weighted by molar-refractivity contribution is 6.14. The minimum atomic E-state index is -0.537. The number of aromatic amines is 1. The predicted molar refractivity (Wildman–Crippen MR) is 112 cm³/mol. The third-order valence-electron chi connectivity index (χ3n) is 5.35. The molecule has 1 aromatic carbocycles. The van der Waals surface area contributed by atoms with Crippen LogP contribution in [0, 0.1) is 5.82 Å². The van der Waals surface area contributed by atoms with E-state index < -0.39 is 11.7 Å². The van der Waals surface area contributed by atoms with Crippen LogP contribution in [0.3, 0.4) is 0 Å². The first kappa shape index (κ1) is 21.3. The smallest absolute Gasteiger partial charge is 0.276 e. The molecule has 0 atom stereocenters. The number of halogens is 1. The molecule has 0 spiro atoms. The van der Waals surface area contributed by atoms with Gasteiger partial charge in [0.15, 0.2) is 17.3 Å². The van der Waals surface area contributed by atoms with Gasteiger partial charge in [-0.3, -0.25) is 14.8 Å². The number of hydrogen-bond donors (Lipinski definition) is 2. The van der Waals surface area contributed by atoms with Gasteiger partial charge in [-0.2, -0.15) is 5.10 Å². The number of benzene rings is 1. The van der Waals surface area contributed by atoms with Crippen molar-refractivity contribution < 1.29 is 23.5 Å². The molecule has 1 amide bonds. The first-order chi connectivity index (χ1) is 15.2. The van der Waals surface area contributed by atoms with Crippen LogP contribution in [0.5, 0.6) is 5.75 Å². The number of H-pyrrole nitrogens is 1. The third kappa shape index (κ3) is 5.02. The number of amides is 1. The van der Waals surface area contributed by atoms with E-state index in [4.69, 9.17) is 14.3 Å². The second-order valence-corrected chi connectivity index (χ2v) is 7.40. The van der Waals surface area contributed by atoms with E-state index in [0.717, 1.165) is 31.6 Å². The fraction of sp³-hybridized carbons (Fsp3) is 0.476. The molecule has 31 heavy (non-hydrogen) atoms. The molecular weight excluding hydrogens is 405 g/mol. The van der Waals surface area contributed by atoms with Gasteiger partial charge in [0.1, 0.15) is 13.7 Å². The van der Waals surface area contributed by atoms with Crippen molar-refractivity contribution in [2.24, 2.45) is 5.16 Å². The lowest BCUT2D eigenvalue weighted by molar-refractivity contribution is 0.0320. The molecule has 166 valence electrons. The Kier molecular flexibility index (Phi) is 6.78. The fourth-order valence-electron chi connectivity index (χ4n) is 3.79. The molecule has 0 bridgehead atoms. The van der Waals surface area contributed by atoms with Crippen LogP contribution in [0.2, 0.25) is 0 Å². The van der Waals surface area contributed by atoms with Crippen LogP contribution >= 0.6 is 0 Å². The molecule has 1 aliphatic carbocycles. The highest BCUT2D eigenvalue weighted by atomic mass is 19.1. The molecule has 1 fully saturated rings. The van der Waals surface area contributed by atoms with Crippen molar-refractivity contribution in [1.29, 1.82) is 0 Å². The minimum Gasteiger partial charge on any atom is -0.489 e. The molecule has 2 aromatic rings. The van der Waals surface area contributed by atoms with Crippen LogP contribution < -0.4 is 10.1 Å². The maximum atomic E-state index is 14.5. The van der Waals surface area contributed by atoms with Crippen molar-refractivity contribution in [3.8, 4) is 5.75 Å². The van der Waals surface area contributed by atoms with E-state index in [1.54, 1.807) is 6.07 Å². The largest absolute Gasteiger partial charge is 0.489 e. The Hall–Kier alpha value is -2.98. The van der Waals surface area contributed by atoms with Gasteiger partial charge in [-0.1, -0.05) is 5.16 Å². The van der Waals surface area contributed by atoms with Crippen molar-refractivity contribution >= 4 is 17.3 Å². The van der Waals surface area contributed by atoms with E-state index in [-0.39, 0.29) is 11.4 Å². The summed E-state index contributed by atoms with van der Waals surface area (Å²) in [6.07, 6.45) is 2.38. The van der Waals surface area contributed by atoms with E-state index in [0.29, 0.717) is 49.7 Å². The third-order valence-corrected chi connectivity index (χ3v) is 5.35. The average molecular weight is 431 g/mol. The number of aromatic nitrogens is 2. The van der Waals surface area contributed by atoms with E-state index in [1.165, 1.54) is 19.2 Å². The molecule has 9 nitrogen and oxygen atoms in total. The Morgan fingerprint density at radius 3 is 2.97 bits per heavy atom. The van der Waals surface area contributed by atoms with Gasteiger partial charge in [0.25, 0.3) is 5.91 Å². The topological polar surface area (TPSA) is 101 Å². The molecule has 2 aliphatic rings. The number of nitrogens with one attached hydrogen (secondary N) is 2. The summed E-state index contributed by atoms with van der Waals surface area (Å²) in [6.45, 7) is 4.21. The zero-order valence-electron chi connectivity index (χ0n) is 17.4. The van der Waals surface area contributed by atoms with Gasteiger partial charge in [0.2, 0.25) is 0 Å². The van der Waals surface area contributed by atoms with Crippen LogP contribution in [0.4, 0.5) is 10.1 Å². The molecule has 1 aliphatic heterocycles. The normalized spacial score (nSPS) is 17.9. The molecule has 0 saturated carbocycles. The summed E-state index contributed by atoms with van der Waals surface area (Å²) in [5.74, 6) is -0.827. The van der Waals surface area contributed by atoms with Crippen molar-refractivity contribution in [2.75, 3.05) is 51.9 Å². The van der Waals surface area contributed by atoms with Gasteiger partial charge >= 0.3 is 0 Å².